The number of hydrogen-bond donors (Lipinski definition) is 1. The van der Waals surface area contributed by atoms with Crippen molar-refractivity contribution >= 4 is 0 Å². The van der Waals surface area contributed by atoms with Gasteiger partial charge in [-0.3, -0.25) is 0 Å². The third-order valence-corrected chi connectivity index (χ3v) is 2.34. The predicted molar refractivity (Wildman–Crippen MR) is 63.3 cm³/mol. The molecule has 0 saturated heterocycles. The molecule has 0 aliphatic carbocycles. The van der Waals surface area contributed by atoms with Crippen LogP contribution in [-0.4, -0.2) is 11.7 Å². The molecule has 0 aliphatic heterocycles. The van der Waals surface area contributed by atoms with E-state index in [4.69, 9.17) is 5.11 Å². The molecule has 0 aromatic carbocycles. The molecule has 0 heterocycles. The second-order valence-corrected chi connectivity index (χ2v) is 6.91. The highest BCUT2D eigenvalue weighted by Crippen LogP contribution is 2.34. The molecule has 0 spiro atoms. The van der Waals surface area contributed by atoms with Crippen molar-refractivity contribution in [3.8, 4) is 0 Å². The lowest BCUT2D eigenvalue weighted by molar-refractivity contribution is 0.174. The average Bonchev–Trinajstić information content (AvgIpc) is 1.78. The summed E-state index contributed by atoms with van der Waals surface area (Å²) in [7, 11) is 0. The maximum absolute atomic E-state index is 9.03. The maximum atomic E-state index is 9.03. The highest BCUT2D eigenvalue weighted by Gasteiger charge is 2.23. The van der Waals surface area contributed by atoms with E-state index in [9.17, 15) is 0 Å². The zero-order chi connectivity index (χ0) is 11.4. The summed E-state index contributed by atoms with van der Waals surface area (Å²) in [6.45, 7) is 14.0. The minimum absolute atomic E-state index is 0.330. The second-order valence-electron chi connectivity index (χ2n) is 6.91. The van der Waals surface area contributed by atoms with E-state index < -0.39 is 0 Å². The molecular formula is C13H28O. The van der Waals surface area contributed by atoms with Crippen molar-refractivity contribution in [3.63, 3.8) is 0 Å². The van der Waals surface area contributed by atoms with E-state index in [0.29, 0.717) is 23.4 Å². The number of hydrogen-bond acceptors (Lipinski definition) is 1. The van der Waals surface area contributed by atoms with Crippen molar-refractivity contribution in [1.82, 2.24) is 0 Å². The van der Waals surface area contributed by atoms with Gasteiger partial charge < -0.3 is 5.11 Å². The lowest BCUT2D eigenvalue weighted by Gasteiger charge is -2.30. The molecule has 0 saturated carbocycles. The second kappa shape index (κ2) is 5.16. The van der Waals surface area contributed by atoms with Crippen molar-refractivity contribution in [2.45, 2.75) is 60.8 Å². The molecule has 0 bridgehead atoms. The van der Waals surface area contributed by atoms with E-state index >= 15 is 0 Å². The van der Waals surface area contributed by atoms with Gasteiger partial charge in [-0.1, -0.05) is 41.5 Å². The van der Waals surface area contributed by atoms with Crippen LogP contribution in [0.15, 0.2) is 0 Å². The van der Waals surface area contributed by atoms with Crippen LogP contribution in [0.2, 0.25) is 0 Å². The Bertz CT molecular complexity index is 132. The predicted octanol–water partition coefficient (Wildman–Crippen LogP) is 3.86. The van der Waals surface area contributed by atoms with Crippen molar-refractivity contribution in [3.05, 3.63) is 0 Å². The summed E-state index contributed by atoms with van der Waals surface area (Å²) in [5.74, 6) is 0.667. The van der Waals surface area contributed by atoms with Gasteiger partial charge in [0.1, 0.15) is 0 Å². The molecule has 0 unspecified atom stereocenters. The van der Waals surface area contributed by atoms with Crippen LogP contribution < -0.4 is 0 Å². The Balaban J connectivity index is 4.16. The number of aliphatic hydroxyl groups is 1. The van der Waals surface area contributed by atoms with Crippen LogP contribution >= 0.6 is 0 Å². The summed E-state index contributed by atoms with van der Waals surface area (Å²) in [5.41, 5.74) is 0.760. The molecule has 0 atom stereocenters. The first-order chi connectivity index (χ1) is 6.14. The Morgan fingerprint density at radius 1 is 0.857 bits per heavy atom. The van der Waals surface area contributed by atoms with Crippen LogP contribution in [0.25, 0.3) is 0 Å². The number of rotatable bonds is 4. The standard InChI is InChI=1S/C13H28O/c1-12(2,3)9-11(7-8-14)10-13(4,5)6/h11,14H,7-10H2,1-6H3. The van der Waals surface area contributed by atoms with Crippen LogP contribution in [0.1, 0.15) is 60.8 Å². The Hall–Kier alpha value is -0.0400. The Kier molecular flexibility index (Phi) is 5.14. The van der Waals surface area contributed by atoms with Crippen LogP contribution in [-0.2, 0) is 0 Å². The van der Waals surface area contributed by atoms with Gasteiger partial charge in [0, 0.05) is 6.61 Å². The van der Waals surface area contributed by atoms with Gasteiger partial charge in [0.25, 0.3) is 0 Å². The van der Waals surface area contributed by atoms with E-state index in [0.717, 1.165) is 6.42 Å². The van der Waals surface area contributed by atoms with Gasteiger partial charge in [-0.15, -0.1) is 0 Å². The van der Waals surface area contributed by atoms with Crippen LogP contribution in [0.5, 0.6) is 0 Å². The third-order valence-electron chi connectivity index (χ3n) is 2.34. The van der Waals surface area contributed by atoms with Gasteiger partial charge in [-0.2, -0.15) is 0 Å². The summed E-state index contributed by atoms with van der Waals surface area (Å²) in [5, 5.41) is 9.03. The SMILES string of the molecule is CC(C)(C)CC(CCO)CC(C)(C)C. The summed E-state index contributed by atoms with van der Waals surface area (Å²) in [6.07, 6.45) is 3.38. The minimum Gasteiger partial charge on any atom is -0.396 e. The molecule has 0 radical (unpaired) electrons. The lowest BCUT2D eigenvalue weighted by atomic mass is 9.76. The minimum atomic E-state index is 0.330. The van der Waals surface area contributed by atoms with Crippen LogP contribution in [0.4, 0.5) is 0 Å². The van der Waals surface area contributed by atoms with E-state index in [1.54, 1.807) is 0 Å². The highest BCUT2D eigenvalue weighted by atomic mass is 16.3. The first-order valence-corrected chi connectivity index (χ1v) is 5.75. The lowest BCUT2D eigenvalue weighted by Crippen LogP contribution is -2.20. The molecule has 1 nitrogen and oxygen atoms in total. The molecule has 1 heteroatoms. The highest BCUT2D eigenvalue weighted by molar-refractivity contribution is 4.74. The van der Waals surface area contributed by atoms with E-state index in [2.05, 4.69) is 41.5 Å². The zero-order valence-corrected chi connectivity index (χ0v) is 10.9. The van der Waals surface area contributed by atoms with Crippen molar-refractivity contribution in [2.75, 3.05) is 6.61 Å². The molecule has 0 aliphatic rings. The molecule has 0 rings (SSSR count). The zero-order valence-electron chi connectivity index (χ0n) is 10.9. The van der Waals surface area contributed by atoms with Crippen molar-refractivity contribution < 1.29 is 5.11 Å². The van der Waals surface area contributed by atoms with Crippen LogP contribution in [0.3, 0.4) is 0 Å². The normalized spacial score (nSPS) is 13.7. The maximum Gasteiger partial charge on any atom is 0.0433 e. The summed E-state index contributed by atoms with van der Waals surface area (Å²) < 4.78 is 0. The molecule has 0 aromatic heterocycles. The Morgan fingerprint density at radius 2 is 1.21 bits per heavy atom. The molecule has 0 aromatic rings. The molecule has 1 N–H and O–H groups in total. The Labute approximate surface area is 89.9 Å². The third kappa shape index (κ3) is 8.55. The monoisotopic (exact) mass is 200 g/mol. The fraction of sp³-hybridized carbons (Fsp3) is 1.00. The molecule has 0 amide bonds. The molecule has 86 valence electrons. The topological polar surface area (TPSA) is 20.2 Å². The van der Waals surface area contributed by atoms with Crippen molar-refractivity contribution in [1.29, 1.82) is 0 Å². The fourth-order valence-electron chi connectivity index (χ4n) is 2.19. The van der Waals surface area contributed by atoms with Gasteiger partial charge in [-0.05, 0) is 36.0 Å². The number of aliphatic hydroxyl groups excluding tert-OH is 1. The first-order valence-electron chi connectivity index (χ1n) is 5.75. The Morgan fingerprint density at radius 3 is 1.43 bits per heavy atom. The van der Waals surface area contributed by atoms with E-state index in [-0.39, 0.29) is 0 Å². The van der Waals surface area contributed by atoms with Gasteiger partial charge in [0.2, 0.25) is 0 Å². The van der Waals surface area contributed by atoms with E-state index in [1.807, 2.05) is 0 Å². The summed E-state index contributed by atoms with van der Waals surface area (Å²) in [6, 6.07) is 0. The smallest absolute Gasteiger partial charge is 0.0433 e. The first kappa shape index (κ1) is 14.0. The largest absolute Gasteiger partial charge is 0.396 e. The average molecular weight is 200 g/mol. The summed E-state index contributed by atoms with van der Waals surface area (Å²) in [4.78, 5) is 0. The molecule has 14 heavy (non-hydrogen) atoms. The van der Waals surface area contributed by atoms with Gasteiger partial charge >= 0.3 is 0 Å². The molecular weight excluding hydrogens is 172 g/mol. The van der Waals surface area contributed by atoms with Crippen molar-refractivity contribution in [2.24, 2.45) is 16.7 Å². The molecule has 0 fully saturated rings. The fourth-order valence-corrected chi connectivity index (χ4v) is 2.19. The van der Waals surface area contributed by atoms with Gasteiger partial charge in [0.15, 0.2) is 0 Å². The van der Waals surface area contributed by atoms with E-state index in [1.165, 1.54) is 12.8 Å². The van der Waals surface area contributed by atoms with Gasteiger partial charge in [0.05, 0.1) is 0 Å². The van der Waals surface area contributed by atoms with Crippen LogP contribution in [0, 0.1) is 16.7 Å². The summed E-state index contributed by atoms with van der Waals surface area (Å²) >= 11 is 0. The van der Waals surface area contributed by atoms with Gasteiger partial charge in [-0.25, -0.2) is 0 Å². The quantitative estimate of drug-likeness (QED) is 0.730.